The van der Waals surface area contributed by atoms with E-state index in [-0.39, 0.29) is 5.41 Å². The number of aryl methyl sites for hydroxylation is 2. The van der Waals surface area contributed by atoms with Crippen molar-refractivity contribution in [2.45, 2.75) is 65.2 Å². The molecule has 0 nitrogen and oxygen atoms in total. The number of benzene rings is 1. The van der Waals surface area contributed by atoms with Gasteiger partial charge in [-0.3, -0.25) is 0 Å². The largest absolute Gasteiger partial charge is 0.0561 e. The van der Waals surface area contributed by atoms with Crippen LogP contribution in [0.2, 0.25) is 0 Å². The molecule has 1 aliphatic rings. The van der Waals surface area contributed by atoms with Gasteiger partial charge in [0.05, 0.1) is 0 Å². The first kappa shape index (κ1) is 11.7. The summed E-state index contributed by atoms with van der Waals surface area (Å²) in [6.45, 7) is 13.9. The molecule has 2 rings (SSSR count). The van der Waals surface area contributed by atoms with Gasteiger partial charge in [0.1, 0.15) is 0 Å². The summed E-state index contributed by atoms with van der Waals surface area (Å²) in [5.41, 5.74) is 6.84. The van der Waals surface area contributed by atoms with Crippen molar-refractivity contribution in [3.8, 4) is 0 Å². The van der Waals surface area contributed by atoms with Crippen LogP contribution in [0.1, 0.15) is 63.3 Å². The van der Waals surface area contributed by atoms with Crippen molar-refractivity contribution in [2.24, 2.45) is 0 Å². The average molecular weight is 216 g/mol. The molecule has 0 heteroatoms. The zero-order valence-electron chi connectivity index (χ0n) is 11.6. The molecule has 0 bridgehead atoms. The number of fused-ring (bicyclic) bond motifs is 1. The van der Waals surface area contributed by atoms with E-state index in [0.29, 0.717) is 5.41 Å². The predicted molar refractivity (Wildman–Crippen MR) is 71.2 cm³/mol. The fourth-order valence-corrected chi connectivity index (χ4v) is 3.03. The van der Waals surface area contributed by atoms with Gasteiger partial charge in [-0.05, 0) is 52.8 Å². The van der Waals surface area contributed by atoms with Gasteiger partial charge in [0.25, 0.3) is 0 Å². The van der Waals surface area contributed by atoms with E-state index in [0.717, 1.165) is 0 Å². The van der Waals surface area contributed by atoms with Crippen molar-refractivity contribution < 1.29 is 0 Å². The van der Waals surface area contributed by atoms with E-state index < -0.39 is 0 Å². The highest BCUT2D eigenvalue weighted by Crippen LogP contribution is 2.42. The average Bonchev–Trinajstić information content (AvgIpc) is 2.41. The summed E-state index contributed by atoms with van der Waals surface area (Å²) in [7, 11) is 0. The lowest BCUT2D eigenvalue weighted by Gasteiger charge is -2.25. The van der Waals surface area contributed by atoms with E-state index in [1.807, 2.05) is 0 Å². The Kier molecular flexibility index (Phi) is 2.45. The van der Waals surface area contributed by atoms with Gasteiger partial charge in [-0.1, -0.05) is 46.8 Å². The van der Waals surface area contributed by atoms with Crippen LogP contribution in [0.4, 0.5) is 0 Å². The maximum atomic E-state index is 2.44. The first-order valence-corrected chi connectivity index (χ1v) is 6.36. The molecule has 0 N–H and O–H groups in total. The van der Waals surface area contributed by atoms with Crippen molar-refractivity contribution in [1.29, 1.82) is 0 Å². The van der Waals surface area contributed by atoms with Gasteiger partial charge >= 0.3 is 0 Å². The lowest BCUT2D eigenvalue weighted by atomic mass is 9.80. The van der Waals surface area contributed by atoms with Gasteiger partial charge in [0.2, 0.25) is 0 Å². The minimum Gasteiger partial charge on any atom is -0.0561 e. The van der Waals surface area contributed by atoms with Crippen molar-refractivity contribution in [3.63, 3.8) is 0 Å². The summed E-state index contributed by atoms with van der Waals surface area (Å²) < 4.78 is 0. The molecule has 0 aromatic heterocycles. The Hall–Kier alpha value is -0.780. The Labute approximate surface area is 100 Å². The highest BCUT2D eigenvalue weighted by molar-refractivity contribution is 5.47. The van der Waals surface area contributed by atoms with Crippen molar-refractivity contribution in [1.82, 2.24) is 0 Å². The highest BCUT2D eigenvalue weighted by Gasteiger charge is 2.32. The van der Waals surface area contributed by atoms with Crippen LogP contribution >= 0.6 is 0 Å². The van der Waals surface area contributed by atoms with Crippen molar-refractivity contribution in [2.75, 3.05) is 0 Å². The van der Waals surface area contributed by atoms with Gasteiger partial charge in [0.15, 0.2) is 0 Å². The summed E-state index contributed by atoms with van der Waals surface area (Å²) in [6.07, 6.45) is 2.56. The van der Waals surface area contributed by atoms with Crippen LogP contribution < -0.4 is 0 Å². The molecule has 1 aromatic carbocycles. The molecule has 0 fully saturated rings. The van der Waals surface area contributed by atoms with Crippen molar-refractivity contribution >= 4 is 0 Å². The summed E-state index contributed by atoms with van der Waals surface area (Å²) in [4.78, 5) is 0. The zero-order valence-corrected chi connectivity index (χ0v) is 11.6. The van der Waals surface area contributed by atoms with E-state index in [4.69, 9.17) is 0 Å². The van der Waals surface area contributed by atoms with Gasteiger partial charge in [-0.25, -0.2) is 0 Å². The van der Waals surface area contributed by atoms with E-state index in [9.17, 15) is 0 Å². The van der Waals surface area contributed by atoms with Crippen LogP contribution in [0.15, 0.2) is 12.1 Å². The van der Waals surface area contributed by atoms with Crippen molar-refractivity contribution in [3.05, 3.63) is 34.4 Å². The summed E-state index contributed by atoms with van der Waals surface area (Å²) >= 11 is 0. The number of hydrogen-bond donors (Lipinski definition) is 0. The van der Waals surface area contributed by atoms with Crippen LogP contribution in [0.5, 0.6) is 0 Å². The molecule has 0 saturated carbocycles. The van der Waals surface area contributed by atoms with Crippen LogP contribution in [0, 0.1) is 6.92 Å². The Morgan fingerprint density at radius 3 is 2.31 bits per heavy atom. The zero-order chi connectivity index (χ0) is 12.1. The Morgan fingerprint density at radius 1 is 1.12 bits per heavy atom. The maximum Gasteiger partial charge on any atom is -0.00950 e. The Morgan fingerprint density at radius 2 is 1.75 bits per heavy atom. The summed E-state index contributed by atoms with van der Waals surface area (Å²) in [5.74, 6) is 0. The molecule has 0 amide bonds. The standard InChI is InChI=1S/C16H24/c1-11-9-13(15(2,3)4)10-12-7-8-16(5,6)14(11)12/h9-10H,7-8H2,1-6H3. The quantitative estimate of drug-likeness (QED) is 0.598. The Bertz CT molecular complexity index is 416. The van der Waals surface area contributed by atoms with Gasteiger partial charge < -0.3 is 0 Å². The predicted octanol–water partition coefficient (Wildman–Crippen LogP) is 4.52. The minimum atomic E-state index is 0.270. The first-order chi connectivity index (χ1) is 7.22. The molecule has 0 aliphatic heterocycles. The molecular weight excluding hydrogens is 192 g/mol. The lowest BCUT2D eigenvalue weighted by Crippen LogP contribution is -2.16. The molecule has 0 saturated heterocycles. The molecule has 1 aliphatic carbocycles. The third-order valence-electron chi connectivity index (χ3n) is 3.98. The minimum absolute atomic E-state index is 0.270. The molecule has 16 heavy (non-hydrogen) atoms. The van der Waals surface area contributed by atoms with Gasteiger partial charge in [-0.15, -0.1) is 0 Å². The normalized spacial score (nSPS) is 18.6. The van der Waals surface area contributed by atoms with Crippen LogP contribution in [-0.2, 0) is 17.3 Å². The molecular formula is C16H24. The third-order valence-corrected chi connectivity index (χ3v) is 3.98. The van der Waals surface area contributed by atoms with Gasteiger partial charge in [0, 0.05) is 0 Å². The molecule has 1 aromatic rings. The highest BCUT2D eigenvalue weighted by atomic mass is 14.4. The van der Waals surface area contributed by atoms with E-state index in [2.05, 4.69) is 53.7 Å². The van der Waals surface area contributed by atoms with Crippen LogP contribution in [0.3, 0.4) is 0 Å². The van der Waals surface area contributed by atoms with Crippen LogP contribution in [0.25, 0.3) is 0 Å². The van der Waals surface area contributed by atoms with Gasteiger partial charge in [-0.2, -0.15) is 0 Å². The molecule has 0 atom stereocenters. The molecule has 0 heterocycles. The Balaban J connectivity index is 2.59. The maximum absolute atomic E-state index is 2.44. The second kappa shape index (κ2) is 3.35. The van der Waals surface area contributed by atoms with E-state index >= 15 is 0 Å². The fourth-order valence-electron chi connectivity index (χ4n) is 3.03. The molecule has 88 valence electrons. The SMILES string of the molecule is Cc1cc(C(C)(C)C)cc2c1C(C)(C)CC2. The molecule has 0 unspecified atom stereocenters. The second-order valence-corrected chi connectivity index (χ2v) is 6.96. The molecule has 0 spiro atoms. The first-order valence-electron chi connectivity index (χ1n) is 6.36. The number of rotatable bonds is 0. The number of hydrogen-bond acceptors (Lipinski definition) is 0. The van der Waals surface area contributed by atoms with E-state index in [1.54, 1.807) is 11.1 Å². The lowest BCUT2D eigenvalue weighted by molar-refractivity contribution is 0.519. The summed E-state index contributed by atoms with van der Waals surface area (Å²) in [6, 6.07) is 4.84. The topological polar surface area (TPSA) is 0 Å². The second-order valence-electron chi connectivity index (χ2n) is 6.96. The monoisotopic (exact) mass is 216 g/mol. The fraction of sp³-hybridized carbons (Fsp3) is 0.625. The third kappa shape index (κ3) is 1.79. The smallest absolute Gasteiger partial charge is 0.00950 e. The molecule has 0 radical (unpaired) electrons. The van der Waals surface area contributed by atoms with E-state index in [1.165, 1.54) is 24.0 Å². The van der Waals surface area contributed by atoms with Crippen LogP contribution in [-0.4, -0.2) is 0 Å². The summed E-state index contributed by atoms with van der Waals surface area (Å²) in [5, 5.41) is 0.